The second kappa shape index (κ2) is 7.58. The predicted octanol–water partition coefficient (Wildman–Crippen LogP) is 2.58. The van der Waals surface area contributed by atoms with Gasteiger partial charge in [0.15, 0.2) is 5.82 Å². The topological polar surface area (TPSA) is 63.1 Å². The number of piperidine rings is 1. The van der Waals surface area contributed by atoms with Gasteiger partial charge in [-0.15, -0.1) is 0 Å². The SMILES string of the molecule is CCc1c(C(=O)NC[C@@H]2CCCCN2C2CC2)cnn1-c1ccccn1. The van der Waals surface area contributed by atoms with E-state index in [2.05, 4.69) is 20.3 Å². The highest BCUT2D eigenvalue weighted by molar-refractivity contribution is 5.95. The van der Waals surface area contributed by atoms with Crippen molar-refractivity contribution < 1.29 is 4.79 Å². The van der Waals surface area contributed by atoms with Gasteiger partial charge in [-0.3, -0.25) is 9.69 Å². The molecule has 2 aliphatic rings. The molecule has 0 unspecified atom stereocenters. The fourth-order valence-electron chi connectivity index (χ4n) is 4.01. The summed E-state index contributed by atoms with van der Waals surface area (Å²) in [5, 5.41) is 7.58. The summed E-state index contributed by atoms with van der Waals surface area (Å²) in [4.78, 5) is 19.8. The summed E-state index contributed by atoms with van der Waals surface area (Å²) in [6.07, 6.45) is 10.5. The third-order valence-electron chi connectivity index (χ3n) is 5.50. The van der Waals surface area contributed by atoms with E-state index < -0.39 is 0 Å². The molecule has 0 aromatic carbocycles. The Kier molecular flexibility index (Phi) is 5.02. The number of amides is 1. The number of rotatable bonds is 6. The Hall–Kier alpha value is -2.21. The van der Waals surface area contributed by atoms with Gasteiger partial charge in [-0.1, -0.05) is 19.4 Å². The minimum Gasteiger partial charge on any atom is -0.350 e. The van der Waals surface area contributed by atoms with E-state index in [9.17, 15) is 4.79 Å². The minimum absolute atomic E-state index is 0.0228. The van der Waals surface area contributed by atoms with Gasteiger partial charge in [0.05, 0.1) is 17.5 Å². The molecule has 26 heavy (non-hydrogen) atoms. The molecule has 2 aromatic heterocycles. The number of likely N-dealkylation sites (tertiary alicyclic amines) is 1. The van der Waals surface area contributed by atoms with Crippen LogP contribution >= 0.6 is 0 Å². The van der Waals surface area contributed by atoms with E-state index in [1.165, 1.54) is 38.6 Å². The van der Waals surface area contributed by atoms with Crippen LogP contribution in [0.4, 0.5) is 0 Å². The van der Waals surface area contributed by atoms with Crippen LogP contribution in [0.2, 0.25) is 0 Å². The Bertz CT molecular complexity index is 753. The van der Waals surface area contributed by atoms with Crippen LogP contribution in [0.15, 0.2) is 30.6 Å². The van der Waals surface area contributed by atoms with Crippen LogP contribution in [0.3, 0.4) is 0 Å². The van der Waals surface area contributed by atoms with Gasteiger partial charge in [0.1, 0.15) is 0 Å². The smallest absolute Gasteiger partial charge is 0.254 e. The molecule has 1 aliphatic carbocycles. The van der Waals surface area contributed by atoms with E-state index in [1.807, 2.05) is 25.1 Å². The fraction of sp³-hybridized carbons (Fsp3) is 0.550. The van der Waals surface area contributed by atoms with Gasteiger partial charge >= 0.3 is 0 Å². The Balaban J connectivity index is 1.45. The van der Waals surface area contributed by atoms with E-state index in [4.69, 9.17) is 0 Å². The number of carbonyl (C=O) groups is 1. The number of pyridine rings is 1. The first kappa shape index (κ1) is 17.2. The van der Waals surface area contributed by atoms with Gasteiger partial charge in [0, 0.05) is 24.8 Å². The Morgan fingerprint density at radius 2 is 2.15 bits per heavy atom. The maximum atomic E-state index is 12.8. The van der Waals surface area contributed by atoms with Crippen LogP contribution < -0.4 is 5.32 Å². The van der Waals surface area contributed by atoms with Crippen molar-refractivity contribution in [3.63, 3.8) is 0 Å². The van der Waals surface area contributed by atoms with E-state index in [0.717, 1.165) is 30.5 Å². The minimum atomic E-state index is -0.0228. The van der Waals surface area contributed by atoms with Crippen molar-refractivity contribution in [3.8, 4) is 5.82 Å². The van der Waals surface area contributed by atoms with Crippen LogP contribution in [0.1, 0.15) is 55.1 Å². The Morgan fingerprint density at radius 3 is 2.88 bits per heavy atom. The van der Waals surface area contributed by atoms with Gasteiger partial charge < -0.3 is 5.32 Å². The third kappa shape index (κ3) is 3.51. The monoisotopic (exact) mass is 353 g/mol. The molecule has 138 valence electrons. The van der Waals surface area contributed by atoms with Gasteiger partial charge in [-0.05, 0) is 50.8 Å². The summed E-state index contributed by atoms with van der Waals surface area (Å²) in [5.41, 5.74) is 1.57. The molecule has 1 N–H and O–H groups in total. The first-order valence-electron chi connectivity index (χ1n) is 9.80. The normalized spacial score (nSPS) is 20.9. The number of nitrogens with zero attached hydrogens (tertiary/aromatic N) is 4. The number of aromatic nitrogens is 3. The first-order chi connectivity index (χ1) is 12.8. The van der Waals surface area contributed by atoms with Crippen molar-refractivity contribution in [3.05, 3.63) is 41.9 Å². The lowest BCUT2D eigenvalue weighted by atomic mass is 10.0. The number of hydrogen-bond acceptors (Lipinski definition) is 4. The molecule has 3 heterocycles. The summed E-state index contributed by atoms with van der Waals surface area (Å²) < 4.78 is 1.77. The van der Waals surface area contributed by atoms with Crippen LogP contribution in [0, 0.1) is 0 Å². The summed E-state index contributed by atoms with van der Waals surface area (Å²) in [6, 6.07) is 6.95. The average molecular weight is 353 g/mol. The molecule has 1 saturated carbocycles. The highest BCUT2D eigenvalue weighted by Gasteiger charge is 2.35. The molecule has 1 amide bonds. The van der Waals surface area contributed by atoms with Crippen LogP contribution in [0.5, 0.6) is 0 Å². The Labute approximate surface area is 154 Å². The number of hydrogen-bond donors (Lipinski definition) is 1. The highest BCUT2D eigenvalue weighted by Crippen LogP contribution is 2.32. The molecule has 2 aromatic rings. The van der Waals surface area contributed by atoms with E-state index >= 15 is 0 Å². The first-order valence-corrected chi connectivity index (χ1v) is 9.80. The lowest BCUT2D eigenvalue weighted by molar-refractivity contribution is 0.0905. The molecule has 4 rings (SSSR count). The lowest BCUT2D eigenvalue weighted by Crippen LogP contribution is -2.47. The maximum Gasteiger partial charge on any atom is 0.254 e. The maximum absolute atomic E-state index is 12.8. The third-order valence-corrected chi connectivity index (χ3v) is 5.50. The van der Waals surface area contributed by atoms with Gasteiger partial charge in [0.25, 0.3) is 5.91 Å². The molecule has 6 heteroatoms. The summed E-state index contributed by atoms with van der Waals surface area (Å²) >= 11 is 0. The molecule has 2 fully saturated rings. The Morgan fingerprint density at radius 1 is 1.27 bits per heavy atom. The van der Waals surface area contributed by atoms with Crippen molar-refractivity contribution in [1.29, 1.82) is 0 Å². The second-order valence-corrected chi connectivity index (χ2v) is 7.29. The van der Waals surface area contributed by atoms with E-state index in [1.54, 1.807) is 17.1 Å². The van der Waals surface area contributed by atoms with Crippen molar-refractivity contribution in [2.75, 3.05) is 13.1 Å². The fourth-order valence-corrected chi connectivity index (χ4v) is 4.01. The molecule has 0 radical (unpaired) electrons. The van der Waals surface area contributed by atoms with Gasteiger partial charge in [-0.25, -0.2) is 9.67 Å². The quantitative estimate of drug-likeness (QED) is 0.867. The molecule has 0 bridgehead atoms. The van der Waals surface area contributed by atoms with Gasteiger partial charge in [-0.2, -0.15) is 5.10 Å². The van der Waals surface area contributed by atoms with E-state index in [-0.39, 0.29) is 5.91 Å². The molecular weight excluding hydrogens is 326 g/mol. The summed E-state index contributed by atoms with van der Waals surface area (Å²) in [7, 11) is 0. The number of nitrogens with one attached hydrogen (secondary N) is 1. The van der Waals surface area contributed by atoms with E-state index in [0.29, 0.717) is 11.6 Å². The predicted molar refractivity (Wildman–Crippen MR) is 100 cm³/mol. The van der Waals surface area contributed by atoms with Crippen molar-refractivity contribution in [2.45, 2.75) is 57.5 Å². The van der Waals surface area contributed by atoms with Crippen LogP contribution in [-0.2, 0) is 6.42 Å². The zero-order valence-corrected chi connectivity index (χ0v) is 15.4. The van der Waals surface area contributed by atoms with Crippen molar-refractivity contribution >= 4 is 5.91 Å². The standard InChI is InChI=1S/C20H27N5O/c1-2-18-17(14-23-25(18)19-8-3-5-11-21-19)20(26)22-13-16-7-4-6-12-24(16)15-9-10-15/h3,5,8,11,14-16H,2,4,6-7,9-10,12-13H2,1H3,(H,22,26)/t16-/m0/s1. The second-order valence-electron chi connectivity index (χ2n) is 7.29. The zero-order valence-electron chi connectivity index (χ0n) is 15.4. The van der Waals surface area contributed by atoms with Crippen molar-refractivity contribution in [1.82, 2.24) is 25.0 Å². The molecule has 0 spiro atoms. The average Bonchev–Trinajstić information content (AvgIpc) is 3.45. The van der Waals surface area contributed by atoms with Crippen LogP contribution in [0.25, 0.3) is 5.82 Å². The van der Waals surface area contributed by atoms with Crippen molar-refractivity contribution in [2.24, 2.45) is 0 Å². The molecule has 1 saturated heterocycles. The molecule has 6 nitrogen and oxygen atoms in total. The van der Waals surface area contributed by atoms with Crippen LogP contribution in [-0.4, -0.2) is 50.7 Å². The lowest BCUT2D eigenvalue weighted by Gasteiger charge is -2.36. The van der Waals surface area contributed by atoms with Gasteiger partial charge in [0.2, 0.25) is 0 Å². The zero-order chi connectivity index (χ0) is 17.9. The highest BCUT2D eigenvalue weighted by atomic mass is 16.1. The summed E-state index contributed by atoms with van der Waals surface area (Å²) in [6.45, 7) is 3.96. The molecule has 1 aliphatic heterocycles. The largest absolute Gasteiger partial charge is 0.350 e. The number of carbonyl (C=O) groups excluding carboxylic acids is 1. The molecular formula is C20H27N5O. The summed E-state index contributed by atoms with van der Waals surface area (Å²) in [5.74, 6) is 0.723. The molecule has 1 atom stereocenters.